The SMILES string of the molecule is Cc1cc(N2CCN(c3nccn4c(C)nnc34)CC2)ncn1. The molecule has 4 rings (SSSR count). The molecule has 3 aromatic rings. The zero-order valence-corrected chi connectivity index (χ0v) is 13.2. The predicted molar refractivity (Wildman–Crippen MR) is 86.7 cm³/mol. The Morgan fingerprint density at radius 2 is 1.70 bits per heavy atom. The molecule has 23 heavy (non-hydrogen) atoms. The Hall–Kier alpha value is -2.77. The van der Waals surface area contributed by atoms with Crippen LogP contribution >= 0.6 is 0 Å². The van der Waals surface area contributed by atoms with Gasteiger partial charge in [0, 0.05) is 50.3 Å². The van der Waals surface area contributed by atoms with Gasteiger partial charge in [0.2, 0.25) is 5.65 Å². The Kier molecular flexibility index (Phi) is 3.29. The molecule has 1 fully saturated rings. The van der Waals surface area contributed by atoms with E-state index in [0.717, 1.165) is 55.0 Å². The Morgan fingerprint density at radius 3 is 2.48 bits per heavy atom. The Morgan fingerprint density at radius 1 is 0.913 bits per heavy atom. The minimum atomic E-state index is 0.816. The summed E-state index contributed by atoms with van der Waals surface area (Å²) < 4.78 is 1.97. The molecule has 4 heterocycles. The van der Waals surface area contributed by atoms with E-state index in [1.807, 2.05) is 30.5 Å². The van der Waals surface area contributed by atoms with Crippen LogP contribution in [0.5, 0.6) is 0 Å². The highest BCUT2D eigenvalue weighted by atomic mass is 15.3. The quantitative estimate of drug-likeness (QED) is 0.695. The van der Waals surface area contributed by atoms with Crippen LogP contribution in [0.3, 0.4) is 0 Å². The summed E-state index contributed by atoms with van der Waals surface area (Å²) in [6.45, 7) is 7.47. The fourth-order valence-electron chi connectivity index (χ4n) is 2.91. The number of nitrogens with zero attached hydrogens (tertiary/aromatic N) is 8. The molecule has 0 aliphatic carbocycles. The predicted octanol–water partition coefficient (Wildman–Crippen LogP) is 0.858. The van der Waals surface area contributed by atoms with Crippen LogP contribution in [0.1, 0.15) is 11.5 Å². The standard InChI is InChI=1S/C15H18N8/c1-11-9-13(18-10-17-11)21-5-7-22(8-6-21)14-15-20-19-12(2)23(15)4-3-16-14/h3-4,9-10H,5-8H2,1-2H3. The van der Waals surface area contributed by atoms with Crippen molar-refractivity contribution < 1.29 is 0 Å². The molecule has 1 aliphatic rings. The molecule has 0 aromatic carbocycles. The molecule has 0 spiro atoms. The van der Waals surface area contributed by atoms with Crippen molar-refractivity contribution in [1.82, 2.24) is 29.5 Å². The highest BCUT2D eigenvalue weighted by molar-refractivity contribution is 5.64. The number of hydrogen-bond acceptors (Lipinski definition) is 7. The lowest BCUT2D eigenvalue weighted by molar-refractivity contribution is 0.640. The topological polar surface area (TPSA) is 75.3 Å². The van der Waals surface area contributed by atoms with Gasteiger partial charge in [-0.25, -0.2) is 15.0 Å². The third-order valence-corrected chi connectivity index (χ3v) is 4.17. The molecule has 0 N–H and O–H groups in total. The first-order chi connectivity index (χ1) is 11.2. The van der Waals surface area contributed by atoms with Crippen LogP contribution in [0.2, 0.25) is 0 Å². The van der Waals surface area contributed by atoms with Crippen molar-refractivity contribution in [2.75, 3.05) is 36.0 Å². The number of hydrogen-bond donors (Lipinski definition) is 0. The molecule has 0 saturated carbocycles. The number of fused-ring (bicyclic) bond motifs is 1. The summed E-state index contributed by atoms with van der Waals surface area (Å²) in [6.07, 6.45) is 5.32. The highest BCUT2D eigenvalue weighted by Crippen LogP contribution is 2.21. The zero-order chi connectivity index (χ0) is 15.8. The number of aromatic nitrogens is 6. The van der Waals surface area contributed by atoms with Gasteiger partial charge in [0.15, 0.2) is 5.82 Å². The maximum Gasteiger partial charge on any atom is 0.203 e. The van der Waals surface area contributed by atoms with Gasteiger partial charge in [-0.3, -0.25) is 4.40 Å². The minimum Gasteiger partial charge on any atom is -0.353 e. The van der Waals surface area contributed by atoms with Crippen molar-refractivity contribution >= 4 is 17.3 Å². The van der Waals surface area contributed by atoms with Crippen LogP contribution in [0.25, 0.3) is 5.65 Å². The summed E-state index contributed by atoms with van der Waals surface area (Å²) >= 11 is 0. The van der Waals surface area contributed by atoms with Gasteiger partial charge < -0.3 is 9.80 Å². The van der Waals surface area contributed by atoms with Crippen LogP contribution in [0.15, 0.2) is 24.8 Å². The molecule has 0 amide bonds. The Labute approximate surface area is 133 Å². The van der Waals surface area contributed by atoms with E-state index < -0.39 is 0 Å². The largest absolute Gasteiger partial charge is 0.353 e. The summed E-state index contributed by atoms with van der Waals surface area (Å²) in [5, 5.41) is 8.40. The van der Waals surface area contributed by atoms with Crippen molar-refractivity contribution in [3.05, 3.63) is 36.3 Å². The number of anilines is 2. The molecule has 0 atom stereocenters. The van der Waals surface area contributed by atoms with E-state index in [-0.39, 0.29) is 0 Å². The number of piperazine rings is 1. The van der Waals surface area contributed by atoms with Gasteiger partial charge in [0.25, 0.3) is 0 Å². The van der Waals surface area contributed by atoms with E-state index in [4.69, 9.17) is 0 Å². The summed E-state index contributed by atoms with van der Waals surface area (Å²) in [5.41, 5.74) is 1.80. The first kappa shape index (κ1) is 13.9. The molecule has 118 valence electrons. The molecule has 8 heteroatoms. The van der Waals surface area contributed by atoms with Crippen molar-refractivity contribution in [2.24, 2.45) is 0 Å². The van der Waals surface area contributed by atoms with Crippen LogP contribution in [-0.2, 0) is 0 Å². The van der Waals surface area contributed by atoms with Crippen molar-refractivity contribution in [3.63, 3.8) is 0 Å². The molecule has 8 nitrogen and oxygen atoms in total. The van der Waals surface area contributed by atoms with E-state index in [1.165, 1.54) is 0 Å². The lowest BCUT2D eigenvalue weighted by atomic mass is 10.3. The summed E-state index contributed by atoms with van der Waals surface area (Å²) in [4.78, 5) is 17.6. The zero-order valence-electron chi connectivity index (χ0n) is 13.2. The fraction of sp³-hybridized carbons (Fsp3) is 0.400. The smallest absolute Gasteiger partial charge is 0.203 e. The van der Waals surface area contributed by atoms with E-state index in [9.17, 15) is 0 Å². The molecular formula is C15H18N8. The van der Waals surface area contributed by atoms with Gasteiger partial charge in [0.05, 0.1) is 0 Å². The second-order valence-electron chi connectivity index (χ2n) is 5.68. The maximum atomic E-state index is 4.51. The van der Waals surface area contributed by atoms with Crippen molar-refractivity contribution in [2.45, 2.75) is 13.8 Å². The van der Waals surface area contributed by atoms with Crippen molar-refractivity contribution in [1.29, 1.82) is 0 Å². The van der Waals surface area contributed by atoms with Crippen LogP contribution in [0, 0.1) is 13.8 Å². The Balaban J connectivity index is 1.55. The van der Waals surface area contributed by atoms with Gasteiger partial charge in [-0.05, 0) is 13.8 Å². The van der Waals surface area contributed by atoms with Gasteiger partial charge in [-0.15, -0.1) is 10.2 Å². The monoisotopic (exact) mass is 310 g/mol. The molecule has 0 bridgehead atoms. The highest BCUT2D eigenvalue weighted by Gasteiger charge is 2.22. The molecule has 0 unspecified atom stereocenters. The lowest BCUT2D eigenvalue weighted by Gasteiger charge is -2.35. The third-order valence-electron chi connectivity index (χ3n) is 4.17. The maximum absolute atomic E-state index is 4.51. The Bertz CT molecular complexity index is 834. The lowest BCUT2D eigenvalue weighted by Crippen LogP contribution is -2.47. The summed E-state index contributed by atoms with van der Waals surface area (Å²) in [6, 6.07) is 2.02. The average Bonchev–Trinajstić information content (AvgIpc) is 2.97. The normalized spacial score (nSPS) is 15.4. The number of aryl methyl sites for hydroxylation is 2. The van der Waals surface area contributed by atoms with Gasteiger partial charge in [0.1, 0.15) is 18.0 Å². The third kappa shape index (κ3) is 2.45. The van der Waals surface area contributed by atoms with Gasteiger partial charge in [-0.1, -0.05) is 0 Å². The first-order valence-corrected chi connectivity index (χ1v) is 7.67. The molecule has 1 aliphatic heterocycles. The van der Waals surface area contributed by atoms with Gasteiger partial charge in [-0.2, -0.15) is 0 Å². The van der Waals surface area contributed by atoms with E-state index in [1.54, 1.807) is 12.5 Å². The second-order valence-corrected chi connectivity index (χ2v) is 5.68. The van der Waals surface area contributed by atoms with Crippen LogP contribution < -0.4 is 9.80 Å². The summed E-state index contributed by atoms with van der Waals surface area (Å²) in [7, 11) is 0. The molecule has 0 radical (unpaired) electrons. The van der Waals surface area contributed by atoms with Crippen LogP contribution in [0.4, 0.5) is 11.6 Å². The van der Waals surface area contributed by atoms with E-state index >= 15 is 0 Å². The molecule has 3 aromatic heterocycles. The number of rotatable bonds is 2. The van der Waals surface area contributed by atoms with Crippen LogP contribution in [-0.4, -0.2) is 55.7 Å². The second kappa shape index (κ2) is 5.45. The minimum absolute atomic E-state index is 0.816. The average molecular weight is 310 g/mol. The van der Waals surface area contributed by atoms with Crippen molar-refractivity contribution in [3.8, 4) is 0 Å². The first-order valence-electron chi connectivity index (χ1n) is 7.67. The molecular weight excluding hydrogens is 292 g/mol. The van der Waals surface area contributed by atoms with E-state index in [0.29, 0.717) is 0 Å². The van der Waals surface area contributed by atoms with E-state index in [2.05, 4.69) is 34.9 Å². The fourth-order valence-corrected chi connectivity index (χ4v) is 2.91. The summed E-state index contributed by atoms with van der Waals surface area (Å²) in [5.74, 6) is 2.76. The van der Waals surface area contributed by atoms with Gasteiger partial charge >= 0.3 is 0 Å². The molecule has 1 saturated heterocycles.